The Bertz CT molecular complexity index is 1960. The Kier molecular flexibility index (Phi) is 6.42. The van der Waals surface area contributed by atoms with Crippen LogP contribution >= 0.6 is 11.6 Å². The molecular formula is C35H36ClN5O3. The molecule has 0 spiro atoms. The lowest BCUT2D eigenvalue weighted by Crippen LogP contribution is -2.38. The third-order valence-electron chi connectivity index (χ3n) is 10.2. The number of fused-ring (bicyclic) bond motifs is 4. The quantitative estimate of drug-likeness (QED) is 0.195. The van der Waals surface area contributed by atoms with Gasteiger partial charge in [-0.05, 0) is 92.0 Å². The van der Waals surface area contributed by atoms with Gasteiger partial charge in [-0.15, -0.1) is 0 Å². The van der Waals surface area contributed by atoms with E-state index in [1.807, 2.05) is 43.4 Å². The van der Waals surface area contributed by atoms with Gasteiger partial charge < -0.3 is 23.5 Å². The average molecular weight is 610 g/mol. The van der Waals surface area contributed by atoms with E-state index in [4.69, 9.17) is 31.0 Å². The van der Waals surface area contributed by atoms with Gasteiger partial charge in [-0.2, -0.15) is 0 Å². The number of aryl methyl sites for hydroxylation is 1. The van der Waals surface area contributed by atoms with Crippen LogP contribution in [-0.2, 0) is 13.6 Å². The molecule has 8 nitrogen and oxygen atoms in total. The summed E-state index contributed by atoms with van der Waals surface area (Å²) in [7, 11) is 5.30. The van der Waals surface area contributed by atoms with E-state index >= 15 is 0 Å². The van der Waals surface area contributed by atoms with Crippen LogP contribution in [0.5, 0.6) is 11.5 Å². The van der Waals surface area contributed by atoms with Gasteiger partial charge in [0.05, 0.1) is 36.1 Å². The van der Waals surface area contributed by atoms with Crippen molar-refractivity contribution in [2.75, 3.05) is 20.8 Å². The zero-order valence-electron chi connectivity index (χ0n) is 25.5. The topological polar surface area (TPSA) is 74.4 Å². The largest absolute Gasteiger partial charge is 0.495 e. The first-order chi connectivity index (χ1) is 21.3. The number of benzene rings is 2. The van der Waals surface area contributed by atoms with Gasteiger partial charge in [-0.3, -0.25) is 4.79 Å². The summed E-state index contributed by atoms with van der Waals surface area (Å²) < 4.78 is 15.6. The van der Waals surface area contributed by atoms with Gasteiger partial charge in [0.25, 0.3) is 5.91 Å². The number of carbonyl (C=O) groups excluding carboxylic acids is 1. The molecule has 2 saturated carbocycles. The van der Waals surface area contributed by atoms with Crippen molar-refractivity contribution in [2.45, 2.75) is 45.2 Å². The highest BCUT2D eigenvalue weighted by Crippen LogP contribution is 2.44. The molecule has 1 amide bonds. The number of carbonyl (C=O) groups is 1. The summed E-state index contributed by atoms with van der Waals surface area (Å²) >= 11 is 6.46. The zero-order valence-corrected chi connectivity index (χ0v) is 26.3. The molecule has 3 aromatic heterocycles. The van der Waals surface area contributed by atoms with Gasteiger partial charge in [0.2, 0.25) is 0 Å². The van der Waals surface area contributed by atoms with E-state index in [1.54, 1.807) is 14.2 Å². The number of pyridine rings is 1. The number of nitrogens with zero attached hydrogens (tertiary/aromatic N) is 5. The molecule has 9 heteroatoms. The minimum atomic E-state index is 0.0784. The second-order valence-electron chi connectivity index (χ2n) is 12.8. The molecule has 8 rings (SSSR count). The molecule has 3 aliphatic rings. The van der Waals surface area contributed by atoms with Crippen molar-refractivity contribution in [1.82, 2.24) is 24.0 Å². The van der Waals surface area contributed by atoms with Crippen molar-refractivity contribution in [3.05, 3.63) is 59.1 Å². The molecule has 3 atom stereocenters. The fourth-order valence-electron chi connectivity index (χ4n) is 7.57. The van der Waals surface area contributed by atoms with Gasteiger partial charge in [0.1, 0.15) is 22.7 Å². The molecule has 2 bridgehead atoms. The number of hydrogen-bond donors (Lipinski definition) is 0. The number of hydrogen-bond acceptors (Lipinski definition) is 5. The van der Waals surface area contributed by atoms with Crippen LogP contribution in [0.2, 0.25) is 5.02 Å². The number of aromatic nitrogens is 4. The highest BCUT2D eigenvalue weighted by molar-refractivity contribution is 6.32. The minimum Gasteiger partial charge on any atom is -0.495 e. The molecule has 1 saturated heterocycles. The van der Waals surface area contributed by atoms with E-state index in [2.05, 4.69) is 33.1 Å². The normalized spacial score (nSPS) is 21.1. The third kappa shape index (κ3) is 4.29. The van der Waals surface area contributed by atoms with Gasteiger partial charge in [0.15, 0.2) is 5.82 Å². The van der Waals surface area contributed by atoms with E-state index in [-0.39, 0.29) is 5.91 Å². The summed E-state index contributed by atoms with van der Waals surface area (Å²) in [4.78, 5) is 26.1. The SMILES string of the molecule is COc1ccc(-c2ccc3cc(-c4nc5cc(C(=O)N6CC7CCC6[C@@H]7C)cc(OC)c5n4C)n(CC4CC4)c3n2)cc1Cl. The standard InChI is InChI=1S/C35H36ClN5O3/c1-19-23-8-11-28(19)41(18-23)35(42)24-14-27-32(31(16-24)44-4)39(2)34(38-27)29-15-22-7-10-26(21-9-12-30(43-3)25(36)13-21)37-33(22)40(29)17-20-5-6-20/h7,9-10,12-16,19-20,23,28H,5-6,8,11,17-18H2,1-4H3/t19-,23?,28?/m1/s1. The highest BCUT2D eigenvalue weighted by Gasteiger charge is 2.46. The first-order valence-electron chi connectivity index (χ1n) is 15.5. The Labute approximate surface area is 261 Å². The molecule has 44 heavy (non-hydrogen) atoms. The van der Waals surface area contributed by atoms with Crippen LogP contribution in [0.4, 0.5) is 0 Å². The summed E-state index contributed by atoms with van der Waals surface area (Å²) in [5, 5.41) is 1.61. The number of piperidine rings is 1. The van der Waals surface area contributed by atoms with Gasteiger partial charge in [0, 0.05) is 42.7 Å². The van der Waals surface area contributed by atoms with Gasteiger partial charge >= 0.3 is 0 Å². The van der Waals surface area contributed by atoms with Crippen LogP contribution < -0.4 is 9.47 Å². The van der Waals surface area contributed by atoms with Gasteiger partial charge in [-0.25, -0.2) is 9.97 Å². The fraction of sp³-hybridized carbons (Fsp3) is 0.400. The Morgan fingerprint density at radius 1 is 0.977 bits per heavy atom. The Morgan fingerprint density at radius 2 is 1.80 bits per heavy atom. The third-order valence-corrected chi connectivity index (χ3v) is 10.5. The number of methoxy groups -OCH3 is 2. The first-order valence-corrected chi connectivity index (χ1v) is 15.9. The van der Waals surface area contributed by atoms with E-state index in [0.717, 1.165) is 64.4 Å². The van der Waals surface area contributed by atoms with E-state index in [0.29, 0.717) is 45.9 Å². The number of likely N-dealkylation sites (tertiary alicyclic amines) is 1. The fourth-order valence-corrected chi connectivity index (χ4v) is 7.83. The predicted molar refractivity (Wildman–Crippen MR) is 172 cm³/mol. The molecule has 226 valence electrons. The summed E-state index contributed by atoms with van der Waals surface area (Å²) in [6, 6.07) is 16.3. The van der Waals surface area contributed by atoms with Crippen molar-refractivity contribution in [1.29, 1.82) is 0 Å². The molecular weight excluding hydrogens is 574 g/mol. The molecule has 2 unspecified atom stereocenters. The summed E-state index contributed by atoms with van der Waals surface area (Å²) in [6.45, 7) is 4.00. The van der Waals surface area contributed by atoms with Crippen molar-refractivity contribution in [3.8, 4) is 34.3 Å². The second kappa shape index (κ2) is 10.3. The van der Waals surface area contributed by atoms with Crippen LogP contribution in [0.15, 0.2) is 48.5 Å². The number of halogens is 1. The monoisotopic (exact) mass is 609 g/mol. The Hall–Kier alpha value is -4.04. The number of ether oxygens (including phenoxy) is 2. The van der Waals surface area contributed by atoms with Gasteiger partial charge in [-0.1, -0.05) is 18.5 Å². The predicted octanol–water partition coefficient (Wildman–Crippen LogP) is 7.21. The molecule has 0 N–H and O–H groups in total. The van der Waals surface area contributed by atoms with Crippen LogP contribution in [-0.4, -0.2) is 56.7 Å². The number of rotatable bonds is 7. The lowest BCUT2D eigenvalue weighted by Gasteiger charge is -2.27. The molecule has 0 radical (unpaired) electrons. The van der Waals surface area contributed by atoms with E-state index in [9.17, 15) is 4.79 Å². The zero-order chi connectivity index (χ0) is 30.3. The Morgan fingerprint density at radius 3 is 2.48 bits per heavy atom. The molecule has 5 aromatic rings. The van der Waals surface area contributed by atoms with E-state index < -0.39 is 0 Å². The van der Waals surface area contributed by atoms with Crippen LogP contribution in [0, 0.1) is 17.8 Å². The van der Waals surface area contributed by atoms with Crippen LogP contribution in [0.1, 0.15) is 43.0 Å². The summed E-state index contributed by atoms with van der Waals surface area (Å²) in [5.41, 5.74) is 5.98. The van der Waals surface area contributed by atoms with Crippen molar-refractivity contribution < 1.29 is 14.3 Å². The minimum absolute atomic E-state index is 0.0784. The van der Waals surface area contributed by atoms with Crippen molar-refractivity contribution in [2.24, 2.45) is 24.8 Å². The van der Waals surface area contributed by atoms with Crippen molar-refractivity contribution in [3.63, 3.8) is 0 Å². The maximum atomic E-state index is 13.8. The summed E-state index contributed by atoms with van der Waals surface area (Å²) in [5.74, 6) is 4.00. The van der Waals surface area contributed by atoms with Crippen LogP contribution in [0.25, 0.3) is 44.8 Å². The Balaban J connectivity index is 1.23. The molecule has 1 aliphatic heterocycles. The number of amides is 1. The highest BCUT2D eigenvalue weighted by atomic mass is 35.5. The maximum Gasteiger partial charge on any atom is 0.254 e. The number of imidazole rings is 1. The van der Waals surface area contributed by atoms with Crippen molar-refractivity contribution >= 4 is 39.6 Å². The molecule has 2 aliphatic carbocycles. The second-order valence-corrected chi connectivity index (χ2v) is 13.2. The smallest absolute Gasteiger partial charge is 0.254 e. The maximum absolute atomic E-state index is 13.8. The lowest BCUT2D eigenvalue weighted by molar-refractivity contribution is 0.0696. The molecule has 4 heterocycles. The first kappa shape index (κ1) is 27.5. The summed E-state index contributed by atoms with van der Waals surface area (Å²) in [6.07, 6.45) is 4.75. The molecule has 2 aromatic carbocycles. The van der Waals surface area contributed by atoms with Crippen LogP contribution in [0.3, 0.4) is 0 Å². The lowest BCUT2D eigenvalue weighted by atomic mass is 10.0. The average Bonchev–Trinajstić information content (AvgIpc) is 3.44. The molecule has 3 fully saturated rings. The van der Waals surface area contributed by atoms with E-state index in [1.165, 1.54) is 19.3 Å².